The number of amides is 1. The monoisotopic (exact) mass is 345 g/mol. The average Bonchev–Trinajstić information content (AvgIpc) is 3.08. The van der Waals surface area contributed by atoms with Crippen molar-refractivity contribution in [3.8, 4) is 17.4 Å². The molecule has 0 atom stereocenters. The van der Waals surface area contributed by atoms with Gasteiger partial charge in [-0.25, -0.2) is 9.97 Å². The molecule has 1 amide bonds. The third-order valence-electron chi connectivity index (χ3n) is 4.53. The third-order valence-corrected chi connectivity index (χ3v) is 4.53. The number of nitrogens with one attached hydrogen (secondary N) is 1. The van der Waals surface area contributed by atoms with Crippen LogP contribution in [0.4, 0.5) is 0 Å². The smallest absolute Gasteiger partial charge is 0.270 e. The lowest BCUT2D eigenvalue weighted by atomic mass is 9.93. The molecular weight excluding hydrogens is 322 g/mol. The molecule has 8 heteroatoms. The van der Waals surface area contributed by atoms with Crippen molar-refractivity contribution in [2.75, 3.05) is 14.2 Å². The van der Waals surface area contributed by atoms with Gasteiger partial charge in [-0.2, -0.15) is 4.98 Å². The number of aromatic nitrogens is 4. The first-order valence-corrected chi connectivity index (χ1v) is 8.34. The van der Waals surface area contributed by atoms with Crippen molar-refractivity contribution < 1.29 is 14.3 Å². The molecule has 3 rings (SSSR count). The predicted molar refractivity (Wildman–Crippen MR) is 91.3 cm³/mol. The molecule has 134 valence electrons. The Bertz CT molecular complexity index is 738. The van der Waals surface area contributed by atoms with Gasteiger partial charge >= 0.3 is 0 Å². The Morgan fingerprint density at radius 1 is 1.24 bits per heavy atom. The molecule has 2 aromatic heterocycles. The van der Waals surface area contributed by atoms with Gasteiger partial charge in [-0.15, -0.1) is 0 Å². The van der Waals surface area contributed by atoms with Gasteiger partial charge in [-0.1, -0.05) is 0 Å². The molecule has 0 radical (unpaired) electrons. The summed E-state index contributed by atoms with van der Waals surface area (Å²) in [7, 11) is 5.10. The minimum absolute atomic E-state index is 0.139. The van der Waals surface area contributed by atoms with Crippen molar-refractivity contribution in [3.05, 3.63) is 24.3 Å². The Labute approximate surface area is 146 Å². The molecule has 0 bridgehead atoms. The maximum absolute atomic E-state index is 12.6. The lowest BCUT2D eigenvalue weighted by molar-refractivity contribution is 0.0598. The minimum Gasteiger partial charge on any atom is -0.481 e. The Morgan fingerprint density at radius 2 is 2.00 bits per heavy atom. The molecule has 2 aromatic rings. The van der Waals surface area contributed by atoms with Crippen molar-refractivity contribution in [2.24, 2.45) is 7.05 Å². The van der Waals surface area contributed by atoms with E-state index in [0.29, 0.717) is 23.5 Å². The first-order valence-electron chi connectivity index (χ1n) is 8.34. The van der Waals surface area contributed by atoms with Gasteiger partial charge in [-0.05, 0) is 25.7 Å². The number of nitrogens with zero attached hydrogens (tertiary/aromatic N) is 4. The maximum atomic E-state index is 12.6. The molecule has 1 N–H and O–H groups in total. The summed E-state index contributed by atoms with van der Waals surface area (Å²) < 4.78 is 12.4. The number of hydrogen-bond donors (Lipinski definition) is 1. The van der Waals surface area contributed by atoms with Crippen LogP contribution in [0.2, 0.25) is 0 Å². The molecule has 25 heavy (non-hydrogen) atoms. The largest absolute Gasteiger partial charge is 0.481 e. The van der Waals surface area contributed by atoms with E-state index in [0.717, 1.165) is 25.7 Å². The summed E-state index contributed by atoms with van der Waals surface area (Å²) in [5.41, 5.74) is 1.01. The van der Waals surface area contributed by atoms with Crippen LogP contribution in [0.15, 0.2) is 18.6 Å². The standard InChI is InChI=1S/C17H23N5O3/c1-22-10-18-9-14(22)16-20-13(8-15(21-16)25-3)17(23)19-11-4-6-12(24-2)7-5-11/h8-12H,4-7H2,1-3H3,(H,19,23)/t11-,12-. The zero-order valence-corrected chi connectivity index (χ0v) is 14.7. The van der Waals surface area contributed by atoms with E-state index in [9.17, 15) is 4.79 Å². The number of carbonyl (C=O) groups is 1. The van der Waals surface area contributed by atoms with Crippen molar-refractivity contribution in [1.82, 2.24) is 24.8 Å². The molecule has 0 saturated heterocycles. The quantitative estimate of drug-likeness (QED) is 0.884. The van der Waals surface area contributed by atoms with Crippen LogP contribution in [-0.4, -0.2) is 51.8 Å². The Balaban J connectivity index is 1.77. The molecule has 0 aliphatic heterocycles. The van der Waals surface area contributed by atoms with Crippen LogP contribution in [0.5, 0.6) is 5.88 Å². The number of imidazole rings is 1. The lowest BCUT2D eigenvalue weighted by Gasteiger charge is -2.28. The number of carbonyl (C=O) groups excluding carboxylic acids is 1. The fourth-order valence-corrected chi connectivity index (χ4v) is 3.04. The van der Waals surface area contributed by atoms with E-state index in [2.05, 4.69) is 20.3 Å². The van der Waals surface area contributed by atoms with Crippen LogP contribution >= 0.6 is 0 Å². The predicted octanol–water partition coefficient (Wildman–Crippen LogP) is 1.57. The number of aryl methyl sites for hydroxylation is 1. The van der Waals surface area contributed by atoms with Gasteiger partial charge in [0, 0.05) is 26.3 Å². The van der Waals surface area contributed by atoms with E-state index in [1.165, 1.54) is 7.11 Å². The van der Waals surface area contributed by atoms with Crippen molar-refractivity contribution in [1.29, 1.82) is 0 Å². The lowest BCUT2D eigenvalue weighted by Crippen LogP contribution is -2.39. The van der Waals surface area contributed by atoms with E-state index >= 15 is 0 Å². The maximum Gasteiger partial charge on any atom is 0.270 e. The van der Waals surface area contributed by atoms with Gasteiger partial charge in [0.15, 0.2) is 5.82 Å². The first kappa shape index (κ1) is 17.3. The van der Waals surface area contributed by atoms with Crippen molar-refractivity contribution in [2.45, 2.75) is 37.8 Å². The van der Waals surface area contributed by atoms with Gasteiger partial charge in [0.1, 0.15) is 11.4 Å². The van der Waals surface area contributed by atoms with E-state index in [1.807, 2.05) is 7.05 Å². The van der Waals surface area contributed by atoms with Crippen molar-refractivity contribution in [3.63, 3.8) is 0 Å². The Hall–Kier alpha value is -2.48. The van der Waals surface area contributed by atoms with Gasteiger partial charge < -0.3 is 19.4 Å². The zero-order chi connectivity index (χ0) is 17.8. The molecule has 2 heterocycles. The molecule has 0 spiro atoms. The van der Waals surface area contributed by atoms with Gasteiger partial charge in [0.2, 0.25) is 5.88 Å². The molecule has 8 nitrogen and oxygen atoms in total. The highest BCUT2D eigenvalue weighted by Crippen LogP contribution is 2.22. The van der Waals surface area contributed by atoms with E-state index in [-0.39, 0.29) is 17.6 Å². The van der Waals surface area contributed by atoms with Crippen LogP contribution in [0.1, 0.15) is 36.2 Å². The highest BCUT2D eigenvalue weighted by molar-refractivity contribution is 5.93. The fourth-order valence-electron chi connectivity index (χ4n) is 3.04. The van der Waals surface area contributed by atoms with Crippen LogP contribution in [0, 0.1) is 0 Å². The second-order valence-corrected chi connectivity index (χ2v) is 6.19. The number of methoxy groups -OCH3 is 2. The van der Waals surface area contributed by atoms with E-state index in [4.69, 9.17) is 9.47 Å². The Morgan fingerprint density at radius 3 is 2.60 bits per heavy atom. The SMILES string of the molecule is COc1cc(C(=O)N[C@H]2CC[C@H](OC)CC2)nc(-c2cncn2C)n1. The second-order valence-electron chi connectivity index (χ2n) is 6.19. The fraction of sp³-hybridized carbons (Fsp3) is 0.529. The molecule has 1 saturated carbocycles. The summed E-state index contributed by atoms with van der Waals surface area (Å²) in [4.78, 5) is 25.4. The zero-order valence-electron chi connectivity index (χ0n) is 14.7. The summed E-state index contributed by atoms with van der Waals surface area (Å²) in [6.07, 6.45) is 7.32. The van der Waals surface area contributed by atoms with Crippen LogP contribution in [-0.2, 0) is 11.8 Å². The minimum atomic E-state index is -0.218. The Kier molecular flexibility index (Phi) is 5.28. The first-order chi connectivity index (χ1) is 12.1. The third kappa shape index (κ3) is 3.96. The summed E-state index contributed by atoms with van der Waals surface area (Å²) >= 11 is 0. The summed E-state index contributed by atoms with van der Waals surface area (Å²) in [6, 6.07) is 1.69. The molecular formula is C17H23N5O3. The number of rotatable bonds is 5. The van der Waals surface area contributed by atoms with Gasteiger partial charge in [-0.3, -0.25) is 4.79 Å². The highest BCUT2D eigenvalue weighted by Gasteiger charge is 2.23. The van der Waals surface area contributed by atoms with Crippen LogP contribution < -0.4 is 10.1 Å². The van der Waals surface area contributed by atoms with Crippen LogP contribution in [0.3, 0.4) is 0 Å². The molecule has 1 aliphatic carbocycles. The van der Waals surface area contributed by atoms with Crippen molar-refractivity contribution >= 4 is 5.91 Å². The summed E-state index contributed by atoms with van der Waals surface area (Å²) in [5.74, 6) is 0.539. The van der Waals surface area contributed by atoms with Gasteiger partial charge in [0.05, 0.1) is 25.7 Å². The molecule has 0 aromatic carbocycles. The van der Waals surface area contributed by atoms with E-state index in [1.54, 1.807) is 30.3 Å². The topological polar surface area (TPSA) is 91.2 Å². The van der Waals surface area contributed by atoms with E-state index < -0.39 is 0 Å². The van der Waals surface area contributed by atoms with Gasteiger partial charge in [0.25, 0.3) is 5.91 Å². The summed E-state index contributed by atoms with van der Waals surface area (Å²) in [6.45, 7) is 0. The normalized spacial score (nSPS) is 20.3. The number of hydrogen-bond acceptors (Lipinski definition) is 6. The van der Waals surface area contributed by atoms with Crippen LogP contribution in [0.25, 0.3) is 11.5 Å². The molecule has 1 fully saturated rings. The summed E-state index contributed by atoms with van der Waals surface area (Å²) in [5, 5.41) is 3.06. The number of ether oxygens (including phenoxy) is 2. The second kappa shape index (κ2) is 7.60. The highest BCUT2D eigenvalue weighted by atomic mass is 16.5. The molecule has 0 unspecified atom stereocenters. The molecule has 1 aliphatic rings. The average molecular weight is 345 g/mol.